The number of nitrogens with zero attached hydrogens (tertiary/aromatic N) is 1. The Kier molecular flexibility index (Phi) is 5.05. The minimum Gasteiger partial charge on any atom is -0.322 e. The lowest BCUT2D eigenvalue weighted by molar-refractivity contribution is -0.122. The molecule has 0 spiro atoms. The van der Waals surface area contributed by atoms with Crippen molar-refractivity contribution in [3.8, 4) is 0 Å². The monoisotopic (exact) mass is 388 g/mol. The quantitative estimate of drug-likeness (QED) is 0.626. The Morgan fingerprint density at radius 1 is 1.03 bits per heavy atom. The SMILES string of the molecule is CCc1ccccc1NC(=O)c1ccc(N2C(=O)[C@H]3CC=C(C)C[C@@H]3C2=O)cc1. The Morgan fingerprint density at radius 2 is 1.72 bits per heavy atom. The van der Waals surface area contributed by atoms with Crippen LogP contribution in [0.5, 0.6) is 0 Å². The van der Waals surface area contributed by atoms with Gasteiger partial charge in [0, 0.05) is 11.3 Å². The van der Waals surface area contributed by atoms with Gasteiger partial charge in [-0.05, 0) is 62.1 Å². The molecule has 2 aromatic rings. The third-order valence-corrected chi connectivity index (χ3v) is 5.86. The van der Waals surface area contributed by atoms with Gasteiger partial charge in [-0.15, -0.1) is 0 Å². The highest BCUT2D eigenvalue weighted by Gasteiger charge is 2.48. The molecule has 148 valence electrons. The summed E-state index contributed by atoms with van der Waals surface area (Å²) < 4.78 is 0. The number of aryl methyl sites for hydroxylation is 1. The highest BCUT2D eigenvalue weighted by Crippen LogP contribution is 2.39. The van der Waals surface area contributed by atoms with Crippen LogP contribution in [-0.4, -0.2) is 17.7 Å². The molecule has 1 saturated heterocycles. The van der Waals surface area contributed by atoms with Crippen molar-refractivity contribution in [2.24, 2.45) is 11.8 Å². The van der Waals surface area contributed by atoms with Gasteiger partial charge in [0.1, 0.15) is 0 Å². The van der Waals surface area contributed by atoms with Crippen LogP contribution in [0.2, 0.25) is 0 Å². The standard InChI is InChI=1S/C24H24N2O3/c1-3-16-6-4-5-7-21(16)25-22(27)17-9-11-18(12-10-17)26-23(28)19-13-8-15(2)14-20(19)24(26)29/h4-12,19-20H,3,13-14H2,1-2H3,(H,25,27)/t19-,20-/m0/s1. The predicted octanol–water partition coefficient (Wildman–Crippen LogP) is 4.35. The van der Waals surface area contributed by atoms with E-state index in [-0.39, 0.29) is 29.6 Å². The Hall–Kier alpha value is -3.21. The number of nitrogens with one attached hydrogen (secondary N) is 1. The maximum Gasteiger partial charge on any atom is 0.255 e. The average molecular weight is 388 g/mol. The molecule has 5 heteroatoms. The van der Waals surface area contributed by atoms with Crippen molar-refractivity contribution in [1.29, 1.82) is 0 Å². The van der Waals surface area contributed by atoms with Gasteiger partial charge in [-0.25, -0.2) is 0 Å². The van der Waals surface area contributed by atoms with E-state index in [0.29, 0.717) is 24.1 Å². The van der Waals surface area contributed by atoms with Crippen LogP contribution >= 0.6 is 0 Å². The zero-order valence-corrected chi connectivity index (χ0v) is 16.6. The van der Waals surface area contributed by atoms with Gasteiger partial charge in [0.2, 0.25) is 11.8 Å². The molecule has 5 nitrogen and oxygen atoms in total. The third-order valence-electron chi connectivity index (χ3n) is 5.86. The Labute approximate surface area is 170 Å². The van der Waals surface area contributed by atoms with Gasteiger partial charge in [-0.3, -0.25) is 19.3 Å². The molecule has 1 fully saturated rings. The number of hydrogen-bond donors (Lipinski definition) is 1. The summed E-state index contributed by atoms with van der Waals surface area (Å²) in [5, 5.41) is 2.94. The number of amides is 3. The van der Waals surface area contributed by atoms with Crippen molar-refractivity contribution in [2.45, 2.75) is 33.1 Å². The van der Waals surface area contributed by atoms with Gasteiger partial charge in [0.05, 0.1) is 17.5 Å². The van der Waals surface area contributed by atoms with Crippen molar-refractivity contribution < 1.29 is 14.4 Å². The fraction of sp³-hybridized carbons (Fsp3) is 0.292. The molecule has 4 rings (SSSR count). The first-order chi connectivity index (χ1) is 14.0. The van der Waals surface area contributed by atoms with Crippen molar-refractivity contribution in [3.63, 3.8) is 0 Å². The molecule has 0 aromatic heterocycles. The third kappa shape index (κ3) is 3.48. The molecule has 0 bridgehead atoms. The molecular weight excluding hydrogens is 364 g/mol. The molecule has 29 heavy (non-hydrogen) atoms. The van der Waals surface area contributed by atoms with E-state index >= 15 is 0 Å². The number of fused-ring (bicyclic) bond motifs is 1. The van der Waals surface area contributed by atoms with Crippen LogP contribution < -0.4 is 10.2 Å². The van der Waals surface area contributed by atoms with Gasteiger partial charge in [-0.1, -0.05) is 36.8 Å². The molecule has 0 radical (unpaired) electrons. The Bertz CT molecular complexity index is 1010. The van der Waals surface area contributed by atoms with Crippen LogP contribution in [0.25, 0.3) is 0 Å². The van der Waals surface area contributed by atoms with Crippen molar-refractivity contribution in [2.75, 3.05) is 10.2 Å². The van der Waals surface area contributed by atoms with E-state index in [1.165, 1.54) is 4.90 Å². The van der Waals surface area contributed by atoms with Crippen LogP contribution in [0.4, 0.5) is 11.4 Å². The minimum absolute atomic E-state index is 0.137. The Balaban J connectivity index is 1.52. The smallest absolute Gasteiger partial charge is 0.255 e. The first kappa shape index (κ1) is 19.1. The molecule has 2 atom stereocenters. The normalized spacial score (nSPS) is 21.0. The second-order valence-electron chi connectivity index (χ2n) is 7.73. The van der Waals surface area contributed by atoms with Gasteiger partial charge >= 0.3 is 0 Å². The van der Waals surface area contributed by atoms with E-state index in [4.69, 9.17) is 0 Å². The number of carbonyl (C=O) groups is 3. The number of rotatable bonds is 4. The summed E-state index contributed by atoms with van der Waals surface area (Å²) >= 11 is 0. The summed E-state index contributed by atoms with van der Waals surface area (Å²) in [6.45, 7) is 4.04. The zero-order chi connectivity index (χ0) is 20.5. The summed E-state index contributed by atoms with van der Waals surface area (Å²) in [7, 11) is 0. The molecule has 2 aliphatic rings. The van der Waals surface area contributed by atoms with Crippen LogP contribution in [0, 0.1) is 11.8 Å². The number of allylic oxidation sites excluding steroid dienone is 2. The first-order valence-electron chi connectivity index (χ1n) is 10.0. The second kappa shape index (κ2) is 7.66. The molecule has 3 amide bonds. The predicted molar refractivity (Wildman–Crippen MR) is 113 cm³/mol. The van der Waals surface area contributed by atoms with E-state index in [1.54, 1.807) is 24.3 Å². The topological polar surface area (TPSA) is 66.5 Å². The molecular formula is C24H24N2O3. The van der Waals surface area contributed by atoms with Gasteiger partial charge in [0.15, 0.2) is 0 Å². The average Bonchev–Trinajstić information content (AvgIpc) is 2.98. The van der Waals surface area contributed by atoms with Gasteiger partial charge in [0.25, 0.3) is 5.91 Å². The molecule has 1 aliphatic carbocycles. The van der Waals surface area contributed by atoms with E-state index in [9.17, 15) is 14.4 Å². The number of anilines is 2. The van der Waals surface area contributed by atoms with Crippen molar-refractivity contribution >= 4 is 29.1 Å². The minimum atomic E-state index is -0.264. The molecule has 1 N–H and O–H groups in total. The van der Waals surface area contributed by atoms with Crippen molar-refractivity contribution in [1.82, 2.24) is 0 Å². The lowest BCUT2D eigenvalue weighted by Crippen LogP contribution is -2.30. The summed E-state index contributed by atoms with van der Waals surface area (Å²) in [6, 6.07) is 14.4. The van der Waals surface area contributed by atoms with Gasteiger partial charge < -0.3 is 5.32 Å². The maximum absolute atomic E-state index is 12.8. The van der Waals surface area contributed by atoms with Crippen molar-refractivity contribution in [3.05, 3.63) is 71.3 Å². The van der Waals surface area contributed by atoms with Crippen LogP contribution in [0.3, 0.4) is 0 Å². The molecule has 2 aromatic carbocycles. The number of hydrogen-bond acceptors (Lipinski definition) is 3. The maximum atomic E-state index is 12.8. The number of carbonyl (C=O) groups excluding carboxylic acids is 3. The van der Waals surface area contributed by atoms with Crippen LogP contribution in [-0.2, 0) is 16.0 Å². The summed E-state index contributed by atoms with van der Waals surface area (Å²) in [4.78, 5) is 39.5. The highest BCUT2D eigenvalue weighted by molar-refractivity contribution is 6.22. The number of para-hydroxylation sites is 1. The van der Waals surface area contributed by atoms with E-state index in [0.717, 1.165) is 23.2 Å². The summed E-state index contributed by atoms with van der Waals surface area (Å²) in [5.41, 5.74) is 4.03. The van der Waals surface area contributed by atoms with E-state index in [1.807, 2.05) is 38.1 Å². The summed E-state index contributed by atoms with van der Waals surface area (Å²) in [6.07, 6.45) is 4.14. The fourth-order valence-electron chi connectivity index (χ4n) is 4.20. The molecule has 1 aliphatic heterocycles. The Morgan fingerprint density at radius 3 is 2.45 bits per heavy atom. The number of imide groups is 1. The largest absolute Gasteiger partial charge is 0.322 e. The molecule has 1 heterocycles. The van der Waals surface area contributed by atoms with E-state index < -0.39 is 0 Å². The van der Waals surface area contributed by atoms with Crippen LogP contribution in [0.1, 0.15) is 42.6 Å². The fourth-order valence-corrected chi connectivity index (χ4v) is 4.20. The second-order valence-corrected chi connectivity index (χ2v) is 7.73. The van der Waals surface area contributed by atoms with Gasteiger partial charge in [-0.2, -0.15) is 0 Å². The lowest BCUT2D eigenvalue weighted by atomic mass is 9.82. The number of benzene rings is 2. The van der Waals surface area contributed by atoms with Crippen LogP contribution in [0.15, 0.2) is 60.2 Å². The zero-order valence-electron chi connectivity index (χ0n) is 16.6. The molecule has 0 saturated carbocycles. The molecule has 0 unspecified atom stereocenters. The lowest BCUT2D eigenvalue weighted by Gasteiger charge is -2.18. The first-order valence-corrected chi connectivity index (χ1v) is 10.0. The summed E-state index contributed by atoms with van der Waals surface area (Å²) in [5.74, 6) is -1.02. The highest BCUT2D eigenvalue weighted by atomic mass is 16.2. The van der Waals surface area contributed by atoms with E-state index in [2.05, 4.69) is 11.4 Å².